The van der Waals surface area contributed by atoms with Crippen molar-refractivity contribution in [1.29, 1.82) is 0 Å². The zero-order valence-corrected chi connectivity index (χ0v) is 19.9. The Hall–Kier alpha value is -2.74. The van der Waals surface area contributed by atoms with Crippen molar-refractivity contribution in [1.82, 2.24) is 10.6 Å². The fraction of sp³-hybridized carbons (Fsp3) is 0.348. The molecule has 2 aromatic carbocycles. The molecule has 2 aromatic rings. The van der Waals surface area contributed by atoms with Gasteiger partial charge in [0, 0.05) is 22.2 Å². The van der Waals surface area contributed by atoms with Crippen molar-refractivity contribution < 1.29 is 23.5 Å². The Kier molecular flexibility index (Phi) is 7.26. The van der Waals surface area contributed by atoms with E-state index < -0.39 is 28.7 Å². The quantitative estimate of drug-likeness (QED) is 0.558. The lowest BCUT2D eigenvalue weighted by molar-refractivity contribution is 0.0918. The van der Waals surface area contributed by atoms with E-state index in [9.17, 15) is 18.8 Å². The van der Waals surface area contributed by atoms with Gasteiger partial charge in [0.1, 0.15) is 5.75 Å². The number of hydrogen-bond acceptors (Lipinski definition) is 4. The zero-order valence-electron chi connectivity index (χ0n) is 18.4. The fourth-order valence-corrected chi connectivity index (χ4v) is 2.92. The molecule has 166 valence electrons. The summed E-state index contributed by atoms with van der Waals surface area (Å²) in [6, 6.07) is 7.01. The first kappa shape index (κ1) is 24.5. The van der Waals surface area contributed by atoms with Crippen molar-refractivity contribution in [3.63, 3.8) is 0 Å². The molecule has 0 atom stereocenters. The number of amides is 2. The minimum atomic E-state index is -0.769. The molecule has 0 radical (unpaired) electrons. The molecular weight excluding hydrogens is 467 g/mol. The van der Waals surface area contributed by atoms with Crippen LogP contribution >= 0.6 is 15.9 Å². The second-order valence-corrected chi connectivity index (χ2v) is 10.0. The second-order valence-electron chi connectivity index (χ2n) is 9.15. The lowest BCUT2D eigenvalue weighted by Gasteiger charge is -2.22. The summed E-state index contributed by atoms with van der Waals surface area (Å²) in [4.78, 5) is 36.8. The highest BCUT2D eigenvalue weighted by molar-refractivity contribution is 9.10. The number of rotatable bonds is 5. The topological polar surface area (TPSA) is 84.5 Å². The van der Waals surface area contributed by atoms with Crippen LogP contribution in [0.2, 0.25) is 0 Å². The Labute approximate surface area is 189 Å². The maximum atomic E-state index is 14.6. The Morgan fingerprint density at radius 2 is 1.42 bits per heavy atom. The van der Waals surface area contributed by atoms with Gasteiger partial charge in [0.25, 0.3) is 11.8 Å². The molecule has 6 nitrogen and oxygen atoms in total. The highest BCUT2D eigenvalue weighted by Gasteiger charge is 2.22. The molecule has 0 aliphatic carbocycles. The van der Waals surface area contributed by atoms with Gasteiger partial charge in [-0.1, -0.05) is 0 Å². The molecule has 2 amide bonds. The van der Waals surface area contributed by atoms with Gasteiger partial charge in [-0.2, -0.15) is 0 Å². The van der Waals surface area contributed by atoms with Crippen molar-refractivity contribution in [3.05, 3.63) is 57.3 Å². The van der Waals surface area contributed by atoms with Gasteiger partial charge >= 0.3 is 0 Å². The van der Waals surface area contributed by atoms with E-state index >= 15 is 0 Å². The van der Waals surface area contributed by atoms with Crippen molar-refractivity contribution >= 4 is 34.0 Å². The van der Waals surface area contributed by atoms with E-state index in [2.05, 4.69) is 26.6 Å². The average molecular weight is 493 g/mol. The van der Waals surface area contributed by atoms with Crippen LogP contribution in [0.25, 0.3) is 0 Å². The largest absolute Gasteiger partial charge is 0.453 e. The molecular formula is C23H26BrFN2O4. The molecule has 0 unspecified atom stereocenters. The predicted octanol–water partition coefficient (Wildman–Crippen LogP) is 5.25. The van der Waals surface area contributed by atoms with Crippen molar-refractivity contribution in [3.8, 4) is 11.5 Å². The van der Waals surface area contributed by atoms with E-state index in [1.54, 1.807) is 0 Å². The first-order chi connectivity index (χ1) is 14.2. The van der Waals surface area contributed by atoms with Gasteiger partial charge in [0.05, 0.1) is 10.0 Å². The predicted molar refractivity (Wildman–Crippen MR) is 120 cm³/mol. The fourth-order valence-electron chi connectivity index (χ4n) is 2.61. The molecule has 31 heavy (non-hydrogen) atoms. The molecule has 0 saturated carbocycles. The van der Waals surface area contributed by atoms with Crippen LogP contribution in [0.4, 0.5) is 4.39 Å². The maximum Gasteiger partial charge on any atom is 0.251 e. The van der Waals surface area contributed by atoms with Crippen LogP contribution in [0.3, 0.4) is 0 Å². The van der Waals surface area contributed by atoms with Gasteiger partial charge in [-0.3, -0.25) is 14.4 Å². The van der Waals surface area contributed by atoms with Crippen LogP contribution in [0.5, 0.6) is 11.5 Å². The molecule has 0 spiro atoms. The molecule has 0 aliphatic rings. The van der Waals surface area contributed by atoms with Crippen LogP contribution in [0.15, 0.2) is 34.8 Å². The lowest BCUT2D eigenvalue weighted by Crippen LogP contribution is -2.41. The smallest absolute Gasteiger partial charge is 0.251 e. The summed E-state index contributed by atoms with van der Waals surface area (Å²) in [5, 5.41) is 5.64. The van der Waals surface area contributed by atoms with Gasteiger partial charge in [0.15, 0.2) is 17.9 Å². The second kappa shape index (κ2) is 9.18. The monoisotopic (exact) mass is 492 g/mol. The number of carbonyl (C=O) groups excluding carboxylic acids is 3. The van der Waals surface area contributed by atoms with Crippen LogP contribution < -0.4 is 15.4 Å². The molecule has 2 N–H and O–H groups in total. The third-order valence-corrected chi connectivity index (χ3v) is 4.45. The number of halogens is 2. The molecule has 0 aromatic heterocycles. The summed E-state index contributed by atoms with van der Waals surface area (Å²) in [5.41, 5.74) is -0.707. The third kappa shape index (κ3) is 6.89. The van der Waals surface area contributed by atoms with Crippen LogP contribution in [-0.2, 0) is 0 Å². The Bertz CT molecular complexity index is 977. The summed E-state index contributed by atoms with van der Waals surface area (Å²) in [6.45, 7) is 11.0. The number of aldehydes is 1. The summed E-state index contributed by atoms with van der Waals surface area (Å²) < 4.78 is 20.4. The molecule has 0 fully saturated rings. The number of carbonyl (C=O) groups is 3. The Balaban J connectivity index is 2.56. The van der Waals surface area contributed by atoms with Gasteiger partial charge in [-0.15, -0.1) is 0 Å². The highest BCUT2D eigenvalue weighted by Crippen LogP contribution is 2.33. The van der Waals surface area contributed by atoms with E-state index in [1.165, 1.54) is 30.3 Å². The summed E-state index contributed by atoms with van der Waals surface area (Å²) in [6.07, 6.45) is 0.467. The van der Waals surface area contributed by atoms with Crippen molar-refractivity contribution in [2.24, 2.45) is 0 Å². The van der Waals surface area contributed by atoms with E-state index in [0.29, 0.717) is 6.29 Å². The first-order valence-electron chi connectivity index (χ1n) is 9.61. The molecule has 0 saturated heterocycles. The number of benzene rings is 2. The number of nitrogens with one attached hydrogen (secondary N) is 2. The van der Waals surface area contributed by atoms with Gasteiger partial charge in [0.2, 0.25) is 0 Å². The minimum absolute atomic E-state index is 0.00839. The lowest BCUT2D eigenvalue weighted by atomic mass is 10.0. The average Bonchev–Trinajstić information content (AvgIpc) is 2.62. The summed E-state index contributed by atoms with van der Waals surface area (Å²) >= 11 is 3.07. The number of hydrogen-bond donors (Lipinski definition) is 2. The van der Waals surface area contributed by atoms with E-state index in [-0.39, 0.29) is 32.7 Å². The minimum Gasteiger partial charge on any atom is -0.453 e. The Morgan fingerprint density at radius 1 is 0.935 bits per heavy atom. The third-order valence-electron chi connectivity index (χ3n) is 3.84. The van der Waals surface area contributed by atoms with Crippen molar-refractivity contribution in [2.75, 3.05) is 0 Å². The maximum absolute atomic E-state index is 14.6. The normalized spacial score (nSPS) is 11.6. The van der Waals surface area contributed by atoms with Gasteiger partial charge < -0.3 is 15.4 Å². The van der Waals surface area contributed by atoms with E-state index in [4.69, 9.17) is 4.74 Å². The molecule has 0 heterocycles. The zero-order chi connectivity index (χ0) is 23.6. The number of ether oxygens (including phenoxy) is 1. The summed E-state index contributed by atoms with van der Waals surface area (Å²) in [5.74, 6) is -1.88. The molecule has 0 bridgehead atoms. The summed E-state index contributed by atoms with van der Waals surface area (Å²) in [7, 11) is 0. The molecule has 0 aliphatic heterocycles. The van der Waals surface area contributed by atoms with Crippen LogP contribution in [0, 0.1) is 5.82 Å². The van der Waals surface area contributed by atoms with Crippen LogP contribution in [-0.4, -0.2) is 29.2 Å². The molecule has 2 rings (SSSR count). The first-order valence-corrected chi connectivity index (χ1v) is 10.4. The van der Waals surface area contributed by atoms with Gasteiger partial charge in [-0.05, 0) is 87.8 Å². The van der Waals surface area contributed by atoms with E-state index in [0.717, 1.165) is 0 Å². The standard InChI is InChI=1S/C23H26BrFN2O4/c1-22(2,3)26-20(29)14-9-15(21(30)27-23(4,5)6)11-16(10-14)31-19-13(12-28)7-8-17(24)18(19)25/h7-12H,1-6H3,(H,26,29)(H,27,30). The molecule has 8 heteroatoms. The highest BCUT2D eigenvalue weighted by atomic mass is 79.9. The van der Waals surface area contributed by atoms with E-state index in [1.807, 2.05) is 41.5 Å². The van der Waals surface area contributed by atoms with Gasteiger partial charge in [-0.25, -0.2) is 4.39 Å². The Morgan fingerprint density at radius 3 is 1.84 bits per heavy atom. The van der Waals surface area contributed by atoms with Crippen LogP contribution in [0.1, 0.15) is 72.6 Å². The van der Waals surface area contributed by atoms with Crippen molar-refractivity contribution in [2.45, 2.75) is 52.6 Å². The SMILES string of the molecule is CC(C)(C)NC(=O)c1cc(Oc2c(C=O)ccc(Br)c2F)cc(C(=O)NC(C)(C)C)c1.